The average Bonchev–Trinajstić information content (AvgIpc) is 2.46. The first-order valence-corrected chi connectivity index (χ1v) is 6.20. The molecule has 0 aliphatic carbocycles. The minimum absolute atomic E-state index is 0.0915. The Balaban J connectivity index is 2.32. The van der Waals surface area contributed by atoms with Crippen molar-refractivity contribution < 1.29 is 10.0 Å². The van der Waals surface area contributed by atoms with Gasteiger partial charge in [0.05, 0.1) is 4.92 Å². The molecule has 2 rings (SSSR count). The van der Waals surface area contributed by atoms with E-state index >= 15 is 0 Å². The van der Waals surface area contributed by atoms with Crippen molar-refractivity contribution in [3.05, 3.63) is 16.3 Å². The zero-order valence-corrected chi connectivity index (χ0v) is 10.7. The van der Waals surface area contributed by atoms with Crippen LogP contribution in [0.25, 0.3) is 0 Å². The topological polar surface area (TPSA) is 104 Å². The largest absolute Gasteiger partial charge is 0.396 e. The molecule has 1 aliphatic rings. The van der Waals surface area contributed by atoms with E-state index in [2.05, 4.69) is 15.3 Å². The van der Waals surface area contributed by atoms with Gasteiger partial charge in [-0.2, -0.15) is 4.98 Å². The Morgan fingerprint density at radius 1 is 1.68 bits per heavy atom. The number of hydrogen-bond acceptors (Lipinski definition) is 7. The van der Waals surface area contributed by atoms with Gasteiger partial charge < -0.3 is 15.3 Å². The summed E-state index contributed by atoms with van der Waals surface area (Å²) in [6, 6.07) is 0. The van der Waals surface area contributed by atoms with Gasteiger partial charge in [-0.25, -0.2) is 4.98 Å². The van der Waals surface area contributed by atoms with Crippen LogP contribution < -0.4 is 10.2 Å². The van der Waals surface area contributed by atoms with Crippen LogP contribution in [0.15, 0.2) is 6.20 Å². The van der Waals surface area contributed by atoms with Crippen molar-refractivity contribution in [3.63, 3.8) is 0 Å². The molecule has 1 saturated heterocycles. The van der Waals surface area contributed by atoms with Gasteiger partial charge in [0.1, 0.15) is 6.20 Å². The van der Waals surface area contributed by atoms with Crippen molar-refractivity contribution in [2.24, 2.45) is 5.92 Å². The summed E-state index contributed by atoms with van der Waals surface area (Å²) in [5, 5.41) is 23.1. The number of nitrogens with zero attached hydrogens (tertiary/aromatic N) is 4. The molecule has 0 bridgehead atoms. The van der Waals surface area contributed by atoms with Gasteiger partial charge in [0.25, 0.3) is 0 Å². The number of anilines is 2. The zero-order valence-electron chi connectivity index (χ0n) is 10.7. The Morgan fingerprint density at radius 3 is 3.11 bits per heavy atom. The number of aromatic nitrogens is 2. The van der Waals surface area contributed by atoms with Crippen LogP contribution in [-0.4, -0.2) is 46.7 Å². The Kier molecular flexibility index (Phi) is 4.10. The smallest absolute Gasteiger partial charge is 0.329 e. The Morgan fingerprint density at radius 2 is 2.47 bits per heavy atom. The second-order valence-electron chi connectivity index (χ2n) is 4.55. The molecule has 0 amide bonds. The van der Waals surface area contributed by atoms with Crippen molar-refractivity contribution >= 4 is 17.5 Å². The predicted octanol–water partition coefficient (Wildman–Crippen LogP) is 0.635. The summed E-state index contributed by atoms with van der Waals surface area (Å²) >= 11 is 0. The number of aliphatic hydroxyl groups excluding tert-OH is 1. The van der Waals surface area contributed by atoms with Gasteiger partial charge in [0.2, 0.25) is 11.8 Å². The summed E-state index contributed by atoms with van der Waals surface area (Å²) in [7, 11) is 1.66. The van der Waals surface area contributed by atoms with E-state index in [0.717, 1.165) is 12.8 Å². The molecule has 1 aliphatic heterocycles. The first-order chi connectivity index (χ1) is 9.15. The van der Waals surface area contributed by atoms with E-state index in [9.17, 15) is 15.2 Å². The van der Waals surface area contributed by atoms with Crippen molar-refractivity contribution in [3.8, 4) is 0 Å². The number of nitrogens with one attached hydrogen (secondary N) is 1. The van der Waals surface area contributed by atoms with Crippen molar-refractivity contribution in [1.29, 1.82) is 0 Å². The molecular weight excluding hydrogens is 250 g/mol. The van der Waals surface area contributed by atoms with Crippen LogP contribution in [0.3, 0.4) is 0 Å². The molecule has 8 heteroatoms. The van der Waals surface area contributed by atoms with Crippen LogP contribution in [0.1, 0.15) is 12.8 Å². The standard InChI is InChI=1S/C11H17N5O3/c1-12-11-13-5-9(16(18)19)10(14-11)15-4-2-3-8(6-15)7-17/h5,8,17H,2-4,6-7H2,1H3,(H,12,13,14). The maximum atomic E-state index is 11.0. The second-order valence-corrected chi connectivity index (χ2v) is 4.55. The number of aliphatic hydroxyl groups is 1. The van der Waals surface area contributed by atoms with Gasteiger partial charge >= 0.3 is 5.69 Å². The SMILES string of the molecule is CNc1ncc([N+](=O)[O-])c(N2CCCC(CO)C2)n1. The molecule has 0 radical (unpaired) electrons. The molecule has 1 aromatic heterocycles. The lowest BCUT2D eigenvalue weighted by atomic mass is 9.99. The normalized spacial score (nSPS) is 19.3. The third kappa shape index (κ3) is 2.90. The predicted molar refractivity (Wildman–Crippen MR) is 70.3 cm³/mol. The van der Waals surface area contributed by atoms with E-state index < -0.39 is 4.92 Å². The Hall–Kier alpha value is -1.96. The summed E-state index contributed by atoms with van der Waals surface area (Å²) in [6.07, 6.45) is 3.04. The van der Waals surface area contributed by atoms with Crippen molar-refractivity contribution in [2.45, 2.75) is 12.8 Å². The number of rotatable bonds is 4. The molecule has 1 atom stereocenters. The number of hydrogen-bond donors (Lipinski definition) is 2. The second kappa shape index (κ2) is 5.79. The first-order valence-electron chi connectivity index (χ1n) is 6.20. The monoisotopic (exact) mass is 267 g/mol. The fraction of sp³-hybridized carbons (Fsp3) is 0.636. The molecule has 8 nitrogen and oxygen atoms in total. The fourth-order valence-corrected chi connectivity index (χ4v) is 2.25. The first kappa shape index (κ1) is 13.5. The highest BCUT2D eigenvalue weighted by atomic mass is 16.6. The van der Waals surface area contributed by atoms with Crippen molar-refractivity contribution in [1.82, 2.24) is 9.97 Å². The average molecular weight is 267 g/mol. The molecule has 1 unspecified atom stereocenters. The quantitative estimate of drug-likeness (QED) is 0.609. The molecule has 0 saturated carbocycles. The third-order valence-electron chi connectivity index (χ3n) is 3.25. The Labute approximate surface area is 110 Å². The van der Waals surface area contributed by atoms with E-state index in [0.29, 0.717) is 24.9 Å². The maximum absolute atomic E-state index is 11.0. The van der Waals surface area contributed by atoms with E-state index in [1.54, 1.807) is 7.05 Å². The molecule has 0 spiro atoms. The van der Waals surface area contributed by atoms with E-state index in [-0.39, 0.29) is 18.2 Å². The molecule has 1 fully saturated rings. The third-order valence-corrected chi connectivity index (χ3v) is 3.25. The summed E-state index contributed by atoms with van der Waals surface area (Å²) in [4.78, 5) is 20.5. The number of nitro groups is 1. The summed E-state index contributed by atoms with van der Waals surface area (Å²) < 4.78 is 0. The molecule has 0 aromatic carbocycles. The highest BCUT2D eigenvalue weighted by Gasteiger charge is 2.27. The summed E-state index contributed by atoms with van der Waals surface area (Å²) in [6.45, 7) is 1.38. The molecule has 19 heavy (non-hydrogen) atoms. The highest BCUT2D eigenvalue weighted by Crippen LogP contribution is 2.29. The van der Waals surface area contributed by atoms with Crippen LogP contribution >= 0.6 is 0 Å². The van der Waals surface area contributed by atoms with Crippen LogP contribution in [-0.2, 0) is 0 Å². The minimum atomic E-state index is -0.475. The van der Waals surface area contributed by atoms with Crippen LogP contribution in [0.5, 0.6) is 0 Å². The lowest BCUT2D eigenvalue weighted by Gasteiger charge is -2.32. The molecule has 1 aromatic rings. The fourth-order valence-electron chi connectivity index (χ4n) is 2.25. The Bertz CT molecular complexity index is 468. The van der Waals surface area contributed by atoms with Crippen molar-refractivity contribution in [2.75, 3.05) is 37.0 Å². The van der Waals surface area contributed by atoms with Crippen LogP contribution in [0.2, 0.25) is 0 Å². The van der Waals surface area contributed by atoms with Gasteiger partial charge in [0.15, 0.2) is 0 Å². The summed E-state index contributed by atoms with van der Waals surface area (Å²) in [5.41, 5.74) is -0.0995. The van der Waals surface area contributed by atoms with E-state index in [1.807, 2.05) is 4.90 Å². The molecule has 104 valence electrons. The number of piperidine rings is 1. The van der Waals surface area contributed by atoms with Gasteiger partial charge in [-0.1, -0.05) is 0 Å². The van der Waals surface area contributed by atoms with Gasteiger partial charge in [0, 0.05) is 26.7 Å². The van der Waals surface area contributed by atoms with Gasteiger partial charge in [-0.05, 0) is 18.8 Å². The maximum Gasteiger partial charge on any atom is 0.329 e. The lowest BCUT2D eigenvalue weighted by Crippen LogP contribution is -2.37. The minimum Gasteiger partial charge on any atom is -0.396 e. The van der Waals surface area contributed by atoms with E-state index in [1.165, 1.54) is 6.20 Å². The van der Waals surface area contributed by atoms with Gasteiger partial charge in [-0.3, -0.25) is 10.1 Å². The van der Waals surface area contributed by atoms with Crippen LogP contribution in [0.4, 0.5) is 17.5 Å². The molecule has 2 heterocycles. The lowest BCUT2D eigenvalue weighted by molar-refractivity contribution is -0.384. The highest BCUT2D eigenvalue weighted by molar-refractivity contribution is 5.59. The summed E-state index contributed by atoms with van der Waals surface area (Å²) in [5.74, 6) is 0.815. The molecule has 2 N–H and O–H groups in total. The molecular formula is C11H17N5O3. The zero-order chi connectivity index (χ0) is 13.8. The van der Waals surface area contributed by atoms with Crippen LogP contribution in [0, 0.1) is 16.0 Å². The van der Waals surface area contributed by atoms with Gasteiger partial charge in [-0.15, -0.1) is 0 Å². The van der Waals surface area contributed by atoms with E-state index in [4.69, 9.17) is 0 Å².